The number of halogens is 1. The van der Waals surface area contributed by atoms with Gasteiger partial charge in [0.25, 0.3) is 0 Å². The minimum absolute atomic E-state index is 0.245. The largest absolute Gasteiger partial charge is 0.423 e. The minimum Gasteiger partial charge on any atom is -0.423 e. The lowest BCUT2D eigenvalue weighted by Gasteiger charge is -2.11. The van der Waals surface area contributed by atoms with Crippen molar-refractivity contribution in [2.75, 3.05) is 0 Å². The highest BCUT2D eigenvalue weighted by molar-refractivity contribution is 14.1. The zero-order valence-electron chi connectivity index (χ0n) is 9.74. The Morgan fingerprint density at radius 2 is 1.89 bits per heavy atom. The van der Waals surface area contributed by atoms with Crippen LogP contribution in [0.2, 0.25) is 0 Å². The van der Waals surface area contributed by atoms with E-state index >= 15 is 0 Å². The van der Waals surface area contributed by atoms with Crippen LogP contribution in [0.3, 0.4) is 0 Å². The molecule has 1 aromatic carbocycles. The van der Waals surface area contributed by atoms with Gasteiger partial charge >= 0.3 is 11.9 Å². The lowest BCUT2D eigenvalue weighted by molar-refractivity contribution is -0.134. The second-order valence-electron chi connectivity index (χ2n) is 3.65. The Hall–Kier alpha value is -1.57. The monoisotopic (exact) mass is 359 g/mol. The molecular weight excluding hydrogens is 349 g/mol. The maximum atomic E-state index is 11.1. The van der Waals surface area contributed by atoms with E-state index in [1.165, 1.54) is 13.8 Å². The molecule has 0 saturated heterocycles. The van der Waals surface area contributed by atoms with Crippen LogP contribution < -0.4 is 9.47 Å². The van der Waals surface area contributed by atoms with Gasteiger partial charge in [-0.3, -0.25) is 9.59 Å². The summed E-state index contributed by atoms with van der Waals surface area (Å²) < 4.78 is 10.9. The van der Waals surface area contributed by atoms with Gasteiger partial charge < -0.3 is 14.5 Å². The second kappa shape index (κ2) is 4.97. The molecule has 94 valence electrons. The van der Waals surface area contributed by atoms with Gasteiger partial charge in [0.1, 0.15) is 0 Å². The molecule has 0 aliphatic rings. The summed E-state index contributed by atoms with van der Waals surface area (Å²) in [7, 11) is 0. The number of carbonyl (C=O) groups is 2. The first-order chi connectivity index (χ1) is 8.49. The molecule has 18 heavy (non-hydrogen) atoms. The first-order valence-electron chi connectivity index (χ1n) is 5.15. The number of benzene rings is 1. The van der Waals surface area contributed by atoms with Gasteiger partial charge in [0, 0.05) is 25.4 Å². The summed E-state index contributed by atoms with van der Waals surface area (Å²) >= 11 is 2.04. The van der Waals surface area contributed by atoms with Crippen LogP contribution in [-0.2, 0) is 9.59 Å². The van der Waals surface area contributed by atoms with E-state index < -0.39 is 11.9 Å². The van der Waals surface area contributed by atoms with Crippen LogP contribution in [0.4, 0.5) is 0 Å². The van der Waals surface area contributed by atoms with E-state index in [-0.39, 0.29) is 11.5 Å². The first kappa shape index (κ1) is 12.9. The Bertz CT molecular complexity index is 632. The van der Waals surface area contributed by atoms with E-state index in [0.717, 1.165) is 10.9 Å². The van der Waals surface area contributed by atoms with Crippen LogP contribution in [0.5, 0.6) is 11.5 Å². The number of esters is 2. The number of hydrogen-bond donors (Lipinski definition) is 1. The lowest BCUT2D eigenvalue weighted by atomic mass is 10.2. The summed E-state index contributed by atoms with van der Waals surface area (Å²) in [5.74, 6) is -0.427. The standard InChI is InChI=1S/C12H10INO4/c1-6(15)17-9-5-8-3-4-14-11(8)10(13)12(9)18-7(2)16/h3-5,14H,1-2H3. The fraction of sp³-hybridized carbons (Fsp3) is 0.167. The van der Waals surface area contributed by atoms with Crippen molar-refractivity contribution in [1.82, 2.24) is 4.98 Å². The Balaban J connectivity index is 2.63. The first-order valence-corrected chi connectivity index (χ1v) is 6.23. The SMILES string of the molecule is CC(=O)Oc1cc2cc[nH]c2c(I)c1OC(C)=O. The van der Waals surface area contributed by atoms with Crippen molar-refractivity contribution < 1.29 is 19.1 Å². The quantitative estimate of drug-likeness (QED) is 0.509. The van der Waals surface area contributed by atoms with Gasteiger partial charge in [0.05, 0.1) is 9.09 Å². The van der Waals surface area contributed by atoms with E-state index in [1.54, 1.807) is 12.3 Å². The highest BCUT2D eigenvalue weighted by atomic mass is 127. The number of rotatable bonds is 2. The van der Waals surface area contributed by atoms with E-state index in [4.69, 9.17) is 9.47 Å². The van der Waals surface area contributed by atoms with Crippen molar-refractivity contribution in [1.29, 1.82) is 0 Å². The molecule has 0 aliphatic carbocycles. The Morgan fingerprint density at radius 3 is 2.50 bits per heavy atom. The van der Waals surface area contributed by atoms with E-state index in [0.29, 0.717) is 3.57 Å². The molecule has 6 heteroatoms. The van der Waals surface area contributed by atoms with Crippen molar-refractivity contribution in [3.05, 3.63) is 21.9 Å². The number of H-pyrrole nitrogens is 1. The van der Waals surface area contributed by atoms with Gasteiger partial charge in [-0.25, -0.2) is 0 Å². The molecule has 0 aliphatic heterocycles. The average molecular weight is 359 g/mol. The highest BCUT2D eigenvalue weighted by Crippen LogP contribution is 2.38. The summed E-state index contributed by atoms with van der Waals surface area (Å²) in [6, 6.07) is 3.51. The summed E-state index contributed by atoms with van der Waals surface area (Å²) in [6.07, 6.45) is 1.77. The topological polar surface area (TPSA) is 68.4 Å². The summed E-state index contributed by atoms with van der Waals surface area (Å²) in [5.41, 5.74) is 0.836. The van der Waals surface area contributed by atoms with E-state index in [2.05, 4.69) is 4.98 Å². The molecule has 0 spiro atoms. The zero-order valence-corrected chi connectivity index (χ0v) is 11.9. The molecule has 0 atom stereocenters. The normalized spacial score (nSPS) is 10.4. The van der Waals surface area contributed by atoms with Crippen molar-refractivity contribution in [2.24, 2.45) is 0 Å². The number of ether oxygens (including phenoxy) is 2. The van der Waals surface area contributed by atoms with Gasteiger partial charge in [0.2, 0.25) is 0 Å². The summed E-state index contributed by atoms with van der Waals surface area (Å²) in [6.45, 7) is 2.60. The molecule has 0 saturated carbocycles. The van der Waals surface area contributed by atoms with Gasteiger partial charge in [-0.15, -0.1) is 0 Å². The third-order valence-corrected chi connectivity index (χ3v) is 3.24. The zero-order chi connectivity index (χ0) is 13.3. The maximum absolute atomic E-state index is 11.1. The second-order valence-corrected chi connectivity index (χ2v) is 4.73. The number of nitrogens with one attached hydrogen (secondary N) is 1. The van der Waals surface area contributed by atoms with Gasteiger partial charge in [-0.1, -0.05) is 0 Å². The molecule has 1 N–H and O–H groups in total. The van der Waals surface area contributed by atoms with Crippen molar-refractivity contribution in [2.45, 2.75) is 13.8 Å². The third-order valence-electron chi connectivity index (χ3n) is 2.21. The maximum Gasteiger partial charge on any atom is 0.308 e. The van der Waals surface area contributed by atoms with Crippen LogP contribution in [0.15, 0.2) is 18.3 Å². The molecule has 0 amide bonds. The Kier molecular flexibility index (Phi) is 3.55. The van der Waals surface area contributed by atoms with Crippen LogP contribution in [0, 0.1) is 3.57 Å². The average Bonchev–Trinajstić information content (AvgIpc) is 2.70. The number of aromatic amines is 1. The van der Waals surface area contributed by atoms with Crippen molar-refractivity contribution >= 4 is 45.4 Å². The van der Waals surface area contributed by atoms with Gasteiger partial charge in [-0.05, 0) is 34.7 Å². The van der Waals surface area contributed by atoms with E-state index in [9.17, 15) is 9.59 Å². The fourth-order valence-corrected chi connectivity index (χ4v) is 2.43. The third kappa shape index (κ3) is 2.47. The molecule has 2 aromatic rings. The smallest absolute Gasteiger partial charge is 0.308 e. The lowest BCUT2D eigenvalue weighted by Crippen LogP contribution is -2.08. The van der Waals surface area contributed by atoms with Crippen LogP contribution >= 0.6 is 22.6 Å². The summed E-state index contributed by atoms with van der Waals surface area (Å²) in [5, 5.41) is 0.881. The highest BCUT2D eigenvalue weighted by Gasteiger charge is 2.18. The molecule has 2 rings (SSSR count). The van der Waals surface area contributed by atoms with E-state index in [1.807, 2.05) is 28.7 Å². The van der Waals surface area contributed by atoms with Crippen molar-refractivity contribution in [3.8, 4) is 11.5 Å². The minimum atomic E-state index is -0.466. The fourth-order valence-electron chi connectivity index (χ4n) is 1.59. The molecule has 5 nitrogen and oxygen atoms in total. The number of carbonyl (C=O) groups excluding carboxylic acids is 2. The van der Waals surface area contributed by atoms with Gasteiger partial charge in [-0.2, -0.15) is 0 Å². The summed E-state index contributed by atoms with van der Waals surface area (Å²) in [4.78, 5) is 25.2. The Morgan fingerprint density at radius 1 is 1.22 bits per heavy atom. The molecule has 0 fully saturated rings. The molecule has 1 heterocycles. The Labute approximate surface area is 117 Å². The van der Waals surface area contributed by atoms with Crippen molar-refractivity contribution in [3.63, 3.8) is 0 Å². The number of aromatic nitrogens is 1. The molecule has 1 aromatic heterocycles. The van der Waals surface area contributed by atoms with Crippen LogP contribution in [-0.4, -0.2) is 16.9 Å². The number of hydrogen-bond acceptors (Lipinski definition) is 4. The van der Waals surface area contributed by atoms with Crippen LogP contribution in [0.1, 0.15) is 13.8 Å². The predicted molar refractivity (Wildman–Crippen MR) is 73.6 cm³/mol. The molecule has 0 unspecified atom stereocenters. The predicted octanol–water partition coefficient (Wildman–Crippen LogP) is 2.62. The number of fused-ring (bicyclic) bond motifs is 1. The van der Waals surface area contributed by atoms with Gasteiger partial charge in [0.15, 0.2) is 11.5 Å². The molecular formula is C12H10INO4. The molecule has 0 bridgehead atoms. The molecule has 0 radical (unpaired) electrons. The van der Waals surface area contributed by atoms with Crippen LogP contribution in [0.25, 0.3) is 10.9 Å².